The molecule has 60 heavy (non-hydrogen) atoms. The van der Waals surface area contributed by atoms with Crippen LogP contribution in [0.4, 0.5) is 5.69 Å². The quantitative estimate of drug-likeness (QED) is 0.0296. The van der Waals surface area contributed by atoms with Crippen molar-refractivity contribution in [2.45, 2.75) is 103 Å². The van der Waals surface area contributed by atoms with Gasteiger partial charge in [-0.2, -0.15) is 0 Å². The van der Waals surface area contributed by atoms with E-state index in [0.29, 0.717) is 75.1 Å². The van der Waals surface area contributed by atoms with Crippen molar-refractivity contribution in [3.63, 3.8) is 0 Å². The summed E-state index contributed by atoms with van der Waals surface area (Å²) >= 11 is 0. The van der Waals surface area contributed by atoms with E-state index in [0.717, 1.165) is 10.5 Å². The number of unbranched alkanes of at least 4 members (excludes halogenated alkanes) is 2. The van der Waals surface area contributed by atoms with E-state index in [4.69, 9.17) is 10.7 Å². The zero-order valence-electron chi connectivity index (χ0n) is 34.1. The number of nitrogens with two attached hydrogens (primary N) is 1. The summed E-state index contributed by atoms with van der Waals surface area (Å²) in [5.74, 6) is -2.59. The van der Waals surface area contributed by atoms with Crippen molar-refractivity contribution < 1.29 is 34.2 Å². The molecule has 0 saturated heterocycles. The summed E-state index contributed by atoms with van der Waals surface area (Å²) in [7, 11) is 0. The molecule has 0 spiro atoms. The number of benzene rings is 2. The molecule has 2 atom stereocenters. The topological polar surface area (TPSA) is 241 Å². The summed E-state index contributed by atoms with van der Waals surface area (Å²) in [6.45, 7) is 5.48. The number of nitrogen functional groups attached to an aromatic ring is 1. The Morgan fingerprint density at radius 1 is 0.867 bits per heavy atom. The maximum atomic E-state index is 14.0. The molecule has 17 heteroatoms. The van der Waals surface area contributed by atoms with Crippen LogP contribution in [0, 0.1) is 0 Å². The van der Waals surface area contributed by atoms with Crippen LogP contribution in [0.2, 0.25) is 0 Å². The molecule has 0 fully saturated rings. The molecule has 2 aromatic heterocycles. The monoisotopic (exact) mass is 826 g/mol. The Morgan fingerprint density at radius 2 is 1.60 bits per heavy atom. The number of anilines is 1. The van der Waals surface area contributed by atoms with Crippen LogP contribution < -0.4 is 27.6 Å². The van der Waals surface area contributed by atoms with Crippen LogP contribution in [0.25, 0.3) is 11.2 Å². The van der Waals surface area contributed by atoms with Crippen molar-refractivity contribution in [1.29, 1.82) is 0 Å². The Kier molecular flexibility index (Phi) is 15.8. The lowest BCUT2D eigenvalue weighted by atomic mass is 9.98. The van der Waals surface area contributed by atoms with E-state index in [-0.39, 0.29) is 61.2 Å². The fourth-order valence-corrected chi connectivity index (χ4v) is 7.16. The van der Waals surface area contributed by atoms with Crippen LogP contribution in [-0.4, -0.2) is 95.1 Å². The smallest absolute Gasteiger partial charge is 0.332 e. The summed E-state index contributed by atoms with van der Waals surface area (Å²) in [4.78, 5) is 95.5. The van der Waals surface area contributed by atoms with Crippen LogP contribution in [0.3, 0.4) is 0 Å². The molecule has 0 saturated carbocycles. The minimum Gasteiger partial charge on any atom is -0.481 e. The van der Waals surface area contributed by atoms with E-state index in [1.54, 1.807) is 6.07 Å². The number of nitrogens with zero attached hydrogens (tertiary/aromatic N) is 5. The highest BCUT2D eigenvalue weighted by Gasteiger charge is 2.27. The minimum absolute atomic E-state index is 0.00874. The summed E-state index contributed by atoms with van der Waals surface area (Å²) in [5, 5.41) is 25.4. The number of aliphatic carboxylic acids is 1. The van der Waals surface area contributed by atoms with Crippen LogP contribution in [0.15, 0.2) is 70.3 Å². The Bertz CT molecular complexity index is 2330. The number of Topliss-reactive ketones (excluding diaryl/α,β-unsaturated/α-hetero) is 1. The van der Waals surface area contributed by atoms with Crippen molar-refractivity contribution in [3.8, 4) is 0 Å². The van der Waals surface area contributed by atoms with Crippen molar-refractivity contribution >= 4 is 46.3 Å². The van der Waals surface area contributed by atoms with Gasteiger partial charge in [-0.15, -0.1) is 0 Å². The average Bonchev–Trinajstić information content (AvgIpc) is 3.74. The number of carboxylic acids is 1. The predicted molar refractivity (Wildman–Crippen MR) is 224 cm³/mol. The van der Waals surface area contributed by atoms with Crippen molar-refractivity contribution in [1.82, 2.24) is 34.2 Å². The van der Waals surface area contributed by atoms with Gasteiger partial charge < -0.3 is 31.1 Å². The lowest BCUT2D eigenvalue weighted by Crippen LogP contribution is -2.42. The van der Waals surface area contributed by atoms with E-state index >= 15 is 0 Å². The van der Waals surface area contributed by atoms with Gasteiger partial charge in [-0.05, 0) is 49.3 Å². The SMILES string of the molecule is CCCn1c(=O)c2c(nc(Cc3ccccc3)n2CCNCC(O)CC)n(CCc2ccc(C(=O)C(CC(=O)O)NC(=O)CCCCCN3C(=O)C=CC3=O)cc2N)c1=O. The molecule has 2 unspecified atom stereocenters. The molecule has 4 aromatic rings. The summed E-state index contributed by atoms with van der Waals surface area (Å²) < 4.78 is 4.55. The molecular formula is C43H54N8O9. The maximum absolute atomic E-state index is 14.0. The van der Waals surface area contributed by atoms with E-state index in [2.05, 4.69) is 10.6 Å². The summed E-state index contributed by atoms with van der Waals surface area (Å²) in [6.07, 6.45) is 4.43. The zero-order chi connectivity index (χ0) is 43.3. The Labute approximate surface area is 346 Å². The van der Waals surface area contributed by atoms with Gasteiger partial charge in [0, 0.05) is 75.5 Å². The number of aryl methyl sites for hydroxylation is 2. The molecule has 3 heterocycles. The van der Waals surface area contributed by atoms with E-state index < -0.39 is 47.5 Å². The number of amides is 3. The number of carbonyl (C=O) groups excluding carboxylic acids is 4. The largest absolute Gasteiger partial charge is 0.481 e. The number of ketones is 1. The molecule has 17 nitrogen and oxygen atoms in total. The minimum atomic E-state index is -1.36. The van der Waals surface area contributed by atoms with Gasteiger partial charge in [-0.1, -0.05) is 62.7 Å². The number of rotatable bonds is 24. The second-order valence-electron chi connectivity index (χ2n) is 14.9. The number of imidazole rings is 1. The van der Waals surface area contributed by atoms with Crippen molar-refractivity contribution in [3.05, 3.63) is 104 Å². The van der Waals surface area contributed by atoms with Crippen molar-refractivity contribution in [2.75, 3.05) is 25.4 Å². The van der Waals surface area contributed by atoms with Gasteiger partial charge in [0.25, 0.3) is 17.4 Å². The third kappa shape index (κ3) is 11.3. The molecule has 3 amide bonds. The first-order chi connectivity index (χ1) is 28.8. The molecule has 320 valence electrons. The first-order valence-corrected chi connectivity index (χ1v) is 20.5. The number of carboxylic acid groups (broad SMARTS) is 1. The third-order valence-electron chi connectivity index (χ3n) is 10.5. The van der Waals surface area contributed by atoms with Gasteiger partial charge in [0.1, 0.15) is 11.9 Å². The number of hydrogen-bond acceptors (Lipinski definition) is 11. The highest BCUT2D eigenvalue weighted by atomic mass is 16.4. The number of carbonyl (C=O) groups is 5. The van der Waals surface area contributed by atoms with Crippen LogP contribution in [0.5, 0.6) is 0 Å². The standard InChI is InChI=1S/C43H54N8O9/c1-3-20-51-42(59)39-41(47-34(24-28-11-7-5-8-12-28)48(39)23-19-45-27-31(52)4-2)50(43(51)60)22-18-29-14-15-30(25-32(29)44)40(58)33(26-38(56)57)46-35(53)13-9-6-10-21-49-36(54)16-17-37(49)55/h5,7-8,11-12,14-17,25,31,33,45,52H,3-4,6,9-10,13,18-24,26-27,44H2,1-2H3,(H,46,53)(H,56,57). The molecular weight excluding hydrogens is 773 g/mol. The summed E-state index contributed by atoms with van der Waals surface area (Å²) in [6, 6.07) is 12.8. The second kappa shape index (κ2) is 21.2. The zero-order valence-corrected chi connectivity index (χ0v) is 34.1. The predicted octanol–water partition coefficient (Wildman–Crippen LogP) is 2.17. The number of aliphatic hydroxyl groups is 1. The highest BCUT2D eigenvalue weighted by Crippen LogP contribution is 2.20. The first kappa shape index (κ1) is 44.9. The molecule has 0 radical (unpaired) electrons. The van der Waals surface area contributed by atoms with Crippen LogP contribution in [-0.2, 0) is 51.7 Å². The van der Waals surface area contributed by atoms with Gasteiger partial charge in [0.05, 0.1) is 12.5 Å². The van der Waals surface area contributed by atoms with Crippen molar-refractivity contribution in [2.24, 2.45) is 0 Å². The highest BCUT2D eigenvalue weighted by molar-refractivity contribution is 6.12. The third-order valence-corrected chi connectivity index (χ3v) is 10.5. The van der Waals surface area contributed by atoms with Gasteiger partial charge in [0.15, 0.2) is 16.9 Å². The molecule has 2 aromatic carbocycles. The number of nitrogens with one attached hydrogen (secondary N) is 2. The lowest BCUT2D eigenvalue weighted by molar-refractivity contribution is -0.138. The fraction of sp³-hybridized carbons (Fsp3) is 0.442. The van der Waals surface area contributed by atoms with Crippen LogP contribution in [0.1, 0.15) is 86.1 Å². The molecule has 5 rings (SSSR count). The summed E-state index contributed by atoms with van der Waals surface area (Å²) in [5.41, 5.74) is 7.91. The molecule has 6 N–H and O–H groups in total. The van der Waals surface area contributed by atoms with Gasteiger partial charge in [-0.25, -0.2) is 9.78 Å². The first-order valence-electron chi connectivity index (χ1n) is 20.5. The number of fused-ring (bicyclic) bond motifs is 1. The molecule has 1 aliphatic heterocycles. The molecule has 0 bridgehead atoms. The van der Waals surface area contributed by atoms with Gasteiger partial charge in [0.2, 0.25) is 5.91 Å². The molecule has 1 aliphatic rings. The van der Waals surface area contributed by atoms with Crippen LogP contribution >= 0.6 is 0 Å². The number of aromatic nitrogens is 4. The normalized spacial score (nSPS) is 13.6. The number of aliphatic hydroxyl groups excluding tert-OH is 1. The van der Waals surface area contributed by atoms with Gasteiger partial charge in [-0.3, -0.25) is 42.8 Å². The van der Waals surface area contributed by atoms with Gasteiger partial charge >= 0.3 is 11.7 Å². The average molecular weight is 827 g/mol. The second-order valence-corrected chi connectivity index (χ2v) is 14.9. The van der Waals surface area contributed by atoms with E-state index in [1.807, 2.05) is 48.7 Å². The van der Waals surface area contributed by atoms with E-state index in [9.17, 15) is 43.8 Å². The molecule has 0 aliphatic carbocycles. The Balaban J connectivity index is 1.33. The maximum Gasteiger partial charge on any atom is 0.332 e. The number of imide groups is 1. The number of hydrogen-bond donors (Lipinski definition) is 5. The van der Waals surface area contributed by atoms with E-state index in [1.165, 1.54) is 33.4 Å². The fourth-order valence-electron chi connectivity index (χ4n) is 7.16. The Hall–Kier alpha value is -6.20. The lowest BCUT2D eigenvalue weighted by Gasteiger charge is -2.17. The Morgan fingerprint density at radius 3 is 2.27 bits per heavy atom.